The number of carboxylic acids is 1. The number of carboxylic acid groups (broad SMARTS) is 1. The molecular formula is C11H11N3O3. The summed E-state index contributed by atoms with van der Waals surface area (Å²) in [6.45, 7) is 0.313. The minimum atomic E-state index is -0.981. The van der Waals surface area contributed by atoms with Crippen molar-refractivity contribution in [3.05, 3.63) is 52.2 Å². The van der Waals surface area contributed by atoms with Crippen LogP contribution in [0.15, 0.2) is 35.4 Å². The highest BCUT2D eigenvalue weighted by molar-refractivity contribution is 5.87. The minimum absolute atomic E-state index is 0.208. The Morgan fingerprint density at radius 2 is 2.24 bits per heavy atom. The summed E-state index contributed by atoms with van der Waals surface area (Å²) in [4.78, 5) is 22.3. The van der Waals surface area contributed by atoms with Gasteiger partial charge >= 0.3 is 11.7 Å². The first-order valence-corrected chi connectivity index (χ1v) is 4.98. The average molecular weight is 233 g/mol. The van der Waals surface area contributed by atoms with Crippen molar-refractivity contribution in [1.82, 2.24) is 14.3 Å². The van der Waals surface area contributed by atoms with Gasteiger partial charge in [-0.25, -0.2) is 14.3 Å². The van der Waals surface area contributed by atoms with E-state index in [4.69, 9.17) is 5.11 Å². The zero-order valence-electron chi connectivity index (χ0n) is 9.20. The minimum Gasteiger partial charge on any atom is -0.478 e. The molecule has 0 unspecified atom stereocenters. The Kier molecular flexibility index (Phi) is 2.78. The molecule has 0 aliphatic rings. The summed E-state index contributed by atoms with van der Waals surface area (Å²) in [7, 11) is 1.56. The van der Waals surface area contributed by atoms with E-state index >= 15 is 0 Å². The van der Waals surface area contributed by atoms with Crippen molar-refractivity contribution in [3.63, 3.8) is 0 Å². The van der Waals surface area contributed by atoms with Crippen molar-refractivity contribution in [2.24, 2.45) is 7.05 Å². The van der Waals surface area contributed by atoms with Crippen molar-refractivity contribution < 1.29 is 9.90 Å². The summed E-state index contributed by atoms with van der Waals surface area (Å²) < 4.78 is 2.64. The number of nitrogens with zero attached hydrogens (tertiary/aromatic N) is 3. The summed E-state index contributed by atoms with van der Waals surface area (Å²) in [5.41, 5.74) is 0.727. The molecule has 0 fully saturated rings. The second-order valence-electron chi connectivity index (χ2n) is 3.67. The zero-order chi connectivity index (χ0) is 12.4. The maximum atomic E-state index is 11.5. The molecule has 6 heteroatoms. The third-order valence-electron chi connectivity index (χ3n) is 2.41. The van der Waals surface area contributed by atoms with Gasteiger partial charge in [0.15, 0.2) is 0 Å². The molecule has 0 saturated heterocycles. The molecule has 0 aliphatic heterocycles. The van der Waals surface area contributed by atoms with Crippen molar-refractivity contribution >= 4 is 5.97 Å². The van der Waals surface area contributed by atoms with Crippen LogP contribution in [0.3, 0.4) is 0 Å². The number of hydrogen-bond acceptors (Lipinski definition) is 3. The van der Waals surface area contributed by atoms with Crippen LogP contribution in [0.5, 0.6) is 0 Å². The Bertz CT molecular complexity index is 612. The van der Waals surface area contributed by atoms with Crippen molar-refractivity contribution in [1.29, 1.82) is 0 Å². The normalized spacial score (nSPS) is 10.4. The van der Waals surface area contributed by atoms with Gasteiger partial charge in [-0.3, -0.25) is 4.57 Å². The first-order valence-electron chi connectivity index (χ1n) is 4.98. The number of aromatic nitrogens is 3. The molecule has 1 N–H and O–H groups in total. The molecular weight excluding hydrogens is 222 g/mol. The summed E-state index contributed by atoms with van der Waals surface area (Å²) in [5.74, 6) is -0.981. The molecule has 0 amide bonds. The molecule has 0 atom stereocenters. The molecule has 17 heavy (non-hydrogen) atoms. The van der Waals surface area contributed by atoms with Crippen LogP contribution in [0.4, 0.5) is 0 Å². The largest absolute Gasteiger partial charge is 0.478 e. The summed E-state index contributed by atoms with van der Waals surface area (Å²) in [6.07, 6.45) is 1.43. The van der Waals surface area contributed by atoms with Gasteiger partial charge in [-0.2, -0.15) is 5.10 Å². The van der Waals surface area contributed by atoms with Gasteiger partial charge in [-0.15, -0.1) is 0 Å². The maximum Gasteiger partial charge on any atom is 0.345 e. The lowest BCUT2D eigenvalue weighted by Crippen LogP contribution is -2.22. The van der Waals surface area contributed by atoms with Crippen LogP contribution in [0.1, 0.15) is 15.9 Å². The fourth-order valence-corrected chi connectivity index (χ4v) is 1.53. The van der Waals surface area contributed by atoms with E-state index in [1.165, 1.54) is 21.6 Å². The Morgan fingerprint density at radius 1 is 1.47 bits per heavy atom. The predicted molar refractivity (Wildman–Crippen MR) is 60.0 cm³/mol. The highest BCUT2D eigenvalue weighted by Gasteiger charge is 2.05. The lowest BCUT2D eigenvalue weighted by Gasteiger charge is -2.02. The smallest absolute Gasteiger partial charge is 0.345 e. The Morgan fingerprint density at radius 3 is 2.82 bits per heavy atom. The number of hydrogen-bond donors (Lipinski definition) is 1. The standard InChI is InChI=1S/C11H11N3O3/c1-13-11(17)14(7-12-13)6-8-3-2-4-9(5-8)10(15)16/h2-5,7H,6H2,1H3,(H,15,16). The van der Waals surface area contributed by atoms with Crippen LogP contribution in [-0.4, -0.2) is 25.4 Å². The van der Waals surface area contributed by atoms with Gasteiger partial charge in [0.05, 0.1) is 12.1 Å². The molecule has 6 nitrogen and oxygen atoms in total. The zero-order valence-corrected chi connectivity index (χ0v) is 9.20. The molecule has 0 bridgehead atoms. The fourth-order valence-electron chi connectivity index (χ4n) is 1.53. The lowest BCUT2D eigenvalue weighted by molar-refractivity contribution is 0.0696. The Balaban J connectivity index is 2.30. The van der Waals surface area contributed by atoms with Gasteiger partial charge in [0.1, 0.15) is 6.33 Å². The van der Waals surface area contributed by atoms with Gasteiger partial charge in [0, 0.05) is 7.05 Å². The van der Waals surface area contributed by atoms with Crippen LogP contribution in [0.2, 0.25) is 0 Å². The van der Waals surface area contributed by atoms with Gasteiger partial charge < -0.3 is 5.11 Å². The van der Waals surface area contributed by atoms with Crippen molar-refractivity contribution in [2.45, 2.75) is 6.54 Å². The molecule has 1 aromatic heterocycles. The van der Waals surface area contributed by atoms with Crippen LogP contribution in [0.25, 0.3) is 0 Å². The van der Waals surface area contributed by atoms with E-state index in [9.17, 15) is 9.59 Å². The fraction of sp³-hybridized carbons (Fsp3) is 0.182. The van der Waals surface area contributed by atoms with E-state index in [1.807, 2.05) is 0 Å². The van der Waals surface area contributed by atoms with Gasteiger partial charge in [-0.05, 0) is 17.7 Å². The van der Waals surface area contributed by atoms with Crippen LogP contribution in [0, 0.1) is 0 Å². The quantitative estimate of drug-likeness (QED) is 0.828. The van der Waals surface area contributed by atoms with Crippen molar-refractivity contribution in [3.8, 4) is 0 Å². The van der Waals surface area contributed by atoms with E-state index < -0.39 is 5.97 Å². The first-order chi connectivity index (χ1) is 8.08. The van der Waals surface area contributed by atoms with Gasteiger partial charge in [0.25, 0.3) is 0 Å². The van der Waals surface area contributed by atoms with E-state index in [0.717, 1.165) is 5.56 Å². The molecule has 0 radical (unpaired) electrons. The van der Waals surface area contributed by atoms with Crippen LogP contribution >= 0.6 is 0 Å². The number of carbonyl (C=O) groups is 1. The van der Waals surface area contributed by atoms with E-state index in [2.05, 4.69) is 5.10 Å². The first kappa shape index (κ1) is 11.1. The van der Waals surface area contributed by atoms with Crippen LogP contribution in [-0.2, 0) is 13.6 Å². The molecule has 2 rings (SSSR count). The number of rotatable bonds is 3. The van der Waals surface area contributed by atoms with Gasteiger partial charge in [0.2, 0.25) is 0 Å². The Hall–Kier alpha value is -2.37. The van der Waals surface area contributed by atoms with Crippen molar-refractivity contribution in [2.75, 3.05) is 0 Å². The van der Waals surface area contributed by atoms with E-state index in [1.54, 1.807) is 25.2 Å². The molecule has 0 saturated carbocycles. The topological polar surface area (TPSA) is 77.1 Å². The highest BCUT2D eigenvalue weighted by Crippen LogP contribution is 2.06. The molecule has 88 valence electrons. The van der Waals surface area contributed by atoms with E-state index in [-0.39, 0.29) is 11.3 Å². The van der Waals surface area contributed by atoms with Gasteiger partial charge in [-0.1, -0.05) is 12.1 Å². The molecule has 2 aromatic rings. The Labute approximate surface area is 96.7 Å². The monoisotopic (exact) mass is 233 g/mol. The SMILES string of the molecule is Cn1ncn(Cc2cccc(C(=O)O)c2)c1=O. The predicted octanol–water partition coefficient (Wildman–Crippen LogP) is 0.328. The molecule has 1 aromatic carbocycles. The number of benzene rings is 1. The highest BCUT2D eigenvalue weighted by atomic mass is 16.4. The lowest BCUT2D eigenvalue weighted by atomic mass is 10.1. The molecule has 0 aliphatic carbocycles. The number of aromatic carboxylic acids is 1. The third kappa shape index (κ3) is 2.25. The molecule has 0 spiro atoms. The summed E-state index contributed by atoms with van der Waals surface area (Å²) in [6, 6.07) is 6.48. The second-order valence-corrected chi connectivity index (χ2v) is 3.67. The van der Waals surface area contributed by atoms with Crippen LogP contribution < -0.4 is 5.69 Å². The third-order valence-corrected chi connectivity index (χ3v) is 2.41. The summed E-state index contributed by atoms with van der Waals surface area (Å²) >= 11 is 0. The summed E-state index contributed by atoms with van der Waals surface area (Å²) in [5, 5.41) is 12.7. The average Bonchev–Trinajstić information content (AvgIpc) is 2.61. The van der Waals surface area contributed by atoms with E-state index in [0.29, 0.717) is 6.54 Å². The molecule has 1 heterocycles. The number of aryl methyl sites for hydroxylation is 1. The maximum absolute atomic E-state index is 11.5. The second kappa shape index (κ2) is 4.25.